The van der Waals surface area contributed by atoms with Crippen LogP contribution in [0.4, 0.5) is 0 Å². The molecule has 1 aromatic carbocycles. The third-order valence-electron chi connectivity index (χ3n) is 4.97. The van der Waals surface area contributed by atoms with Gasteiger partial charge in [0.25, 0.3) is 0 Å². The summed E-state index contributed by atoms with van der Waals surface area (Å²) in [6.07, 6.45) is 2.07. The van der Waals surface area contributed by atoms with Gasteiger partial charge >= 0.3 is 5.97 Å². The number of Topliss-reactive ketones (excluding diaryl/α,β-unsaturated/α-hetero) is 1. The quantitative estimate of drug-likeness (QED) is 0.503. The average molecular weight is 406 g/mol. The molecular weight excluding hydrogens is 382 g/mol. The highest BCUT2D eigenvalue weighted by atomic mass is 35.5. The van der Waals surface area contributed by atoms with Crippen molar-refractivity contribution >= 4 is 40.8 Å². The SMILES string of the molecule is CCSCCOC(=O)C1C(C)=NC2=C(C(=O)CCC2)[C@H]1c1cccc(Cl)c1. The number of ether oxygens (including phenoxy) is 1. The summed E-state index contributed by atoms with van der Waals surface area (Å²) in [6, 6.07) is 7.41. The second-order valence-electron chi connectivity index (χ2n) is 6.77. The summed E-state index contributed by atoms with van der Waals surface area (Å²) in [5.41, 5.74) is 3.06. The molecule has 6 heteroatoms. The number of rotatable bonds is 6. The van der Waals surface area contributed by atoms with Crippen LogP contribution in [0.1, 0.15) is 44.6 Å². The van der Waals surface area contributed by atoms with Gasteiger partial charge in [-0.05, 0) is 43.2 Å². The molecule has 27 heavy (non-hydrogen) atoms. The number of allylic oxidation sites excluding steroid dienone is 2. The van der Waals surface area contributed by atoms with E-state index in [1.165, 1.54) is 0 Å². The maximum Gasteiger partial charge on any atom is 0.315 e. The summed E-state index contributed by atoms with van der Waals surface area (Å²) < 4.78 is 5.54. The highest BCUT2D eigenvalue weighted by molar-refractivity contribution is 7.99. The first-order chi connectivity index (χ1) is 13.0. The Morgan fingerprint density at radius 1 is 1.37 bits per heavy atom. The number of carbonyl (C=O) groups is 2. The van der Waals surface area contributed by atoms with Crippen LogP contribution in [-0.2, 0) is 14.3 Å². The first-order valence-corrected chi connectivity index (χ1v) is 10.9. The van der Waals surface area contributed by atoms with Crippen molar-refractivity contribution in [1.29, 1.82) is 0 Å². The lowest BCUT2D eigenvalue weighted by Gasteiger charge is -2.34. The monoisotopic (exact) mass is 405 g/mol. The predicted octanol–water partition coefficient (Wildman–Crippen LogP) is 4.82. The van der Waals surface area contributed by atoms with Gasteiger partial charge in [0.1, 0.15) is 12.5 Å². The van der Waals surface area contributed by atoms with E-state index in [4.69, 9.17) is 16.3 Å². The van der Waals surface area contributed by atoms with Crippen LogP contribution in [0.2, 0.25) is 5.02 Å². The first-order valence-electron chi connectivity index (χ1n) is 9.34. The molecule has 1 heterocycles. The van der Waals surface area contributed by atoms with Crippen molar-refractivity contribution in [2.75, 3.05) is 18.1 Å². The van der Waals surface area contributed by atoms with Gasteiger partial charge in [-0.15, -0.1) is 0 Å². The smallest absolute Gasteiger partial charge is 0.315 e. The van der Waals surface area contributed by atoms with Gasteiger partial charge in [-0.2, -0.15) is 11.8 Å². The lowest BCUT2D eigenvalue weighted by atomic mass is 9.72. The minimum atomic E-state index is -0.587. The Hall–Kier alpha value is -1.59. The molecule has 2 aliphatic rings. The molecule has 0 N–H and O–H groups in total. The molecule has 3 rings (SSSR count). The third kappa shape index (κ3) is 4.46. The molecule has 144 valence electrons. The normalized spacial score (nSPS) is 22.3. The van der Waals surface area contributed by atoms with Crippen LogP contribution in [0, 0.1) is 5.92 Å². The summed E-state index contributed by atoms with van der Waals surface area (Å²) in [4.78, 5) is 30.3. The highest BCUT2D eigenvalue weighted by Crippen LogP contribution is 2.43. The fourth-order valence-electron chi connectivity index (χ4n) is 3.81. The molecule has 0 amide bonds. The minimum absolute atomic E-state index is 0.0804. The van der Waals surface area contributed by atoms with Crippen molar-refractivity contribution in [3.05, 3.63) is 46.1 Å². The molecule has 0 saturated heterocycles. The van der Waals surface area contributed by atoms with E-state index < -0.39 is 5.92 Å². The Labute approximate surface area is 169 Å². The van der Waals surface area contributed by atoms with Crippen LogP contribution in [0.25, 0.3) is 0 Å². The third-order valence-corrected chi connectivity index (χ3v) is 6.07. The Kier molecular flexibility index (Phi) is 6.77. The number of thioether (sulfide) groups is 1. The maximum absolute atomic E-state index is 12.9. The number of nitrogens with zero attached hydrogens (tertiary/aromatic N) is 1. The van der Waals surface area contributed by atoms with E-state index in [0.29, 0.717) is 29.3 Å². The van der Waals surface area contributed by atoms with Crippen molar-refractivity contribution in [2.24, 2.45) is 10.9 Å². The number of benzene rings is 1. The Morgan fingerprint density at radius 2 is 2.19 bits per heavy atom. The van der Waals surface area contributed by atoms with Crippen molar-refractivity contribution in [3.8, 4) is 0 Å². The standard InChI is InChI=1S/C21H24ClNO3S/c1-3-27-11-10-26-21(25)18-13(2)23-16-8-5-9-17(24)20(16)19(18)14-6-4-7-15(22)12-14/h4,6-7,12,18-19H,3,5,8-11H2,1-2H3/t18?,19-/m0/s1. The fraction of sp³-hybridized carbons (Fsp3) is 0.476. The van der Waals surface area contributed by atoms with Gasteiger partial charge in [-0.3, -0.25) is 14.6 Å². The van der Waals surface area contributed by atoms with Gasteiger partial charge in [-0.25, -0.2) is 0 Å². The van der Waals surface area contributed by atoms with E-state index in [-0.39, 0.29) is 17.7 Å². The molecule has 1 aliphatic carbocycles. The van der Waals surface area contributed by atoms with E-state index in [2.05, 4.69) is 11.9 Å². The second kappa shape index (κ2) is 9.07. The molecule has 0 radical (unpaired) electrons. The highest BCUT2D eigenvalue weighted by Gasteiger charge is 2.43. The lowest BCUT2D eigenvalue weighted by molar-refractivity contribution is -0.145. The molecule has 4 nitrogen and oxygen atoms in total. The zero-order valence-corrected chi connectivity index (χ0v) is 17.2. The molecule has 0 aromatic heterocycles. The van der Waals surface area contributed by atoms with Crippen LogP contribution in [-0.4, -0.2) is 35.6 Å². The van der Waals surface area contributed by atoms with Crippen molar-refractivity contribution in [2.45, 2.75) is 39.0 Å². The zero-order valence-electron chi connectivity index (χ0n) is 15.7. The summed E-state index contributed by atoms with van der Waals surface area (Å²) >= 11 is 7.93. The molecular formula is C21H24ClNO3S. The number of aliphatic imine (C=N–C) groups is 1. The van der Waals surface area contributed by atoms with Crippen LogP contribution >= 0.6 is 23.4 Å². The van der Waals surface area contributed by atoms with E-state index in [9.17, 15) is 9.59 Å². The average Bonchev–Trinajstić information content (AvgIpc) is 2.64. The van der Waals surface area contributed by atoms with E-state index in [1.54, 1.807) is 17.8 Å². The number of esters is 1. The molecule has 0 saturated carbocycles. The largest absolute Gasteiger partial charge is 0.464 e. The molecule has 2 atom stereocenters. The van der Waals surface area contributed by atoms with E-state index >= 15 is 0 Å². The number of hydrogen-bond acceptors (Lipinski definition) is 5. The number of carbonyl (C=O) groups excluding carboxylic acids is 2. The summed E-state index contributed by atoms with van der Waals surface area (Å²) in [7, 11) is 0. The lowest BCUT2D eigenvalue weighted by Crippen LogP contribution is -2.37. The summed E-state index contributed by atoms with van der Waals surface area (Å²) in [5.74, 6) is 0.544. The number of ketones is 1. The van der Waals surface area contributed by atoms with Gasteiger partial charge in [0.15, 0.2) is 5.78 Å². The molecule has 0 bridgehead atoms. The second-order valence-corrected chi connectivity index (χ2v) is 8.60. The Balaban J connectivity index is 1.98. The Bertz CT molecular complexity index is 802. The zero-order chi connectivity index (χ0) is 19.4. The maximum atomic E-state index is 12.9. The van der Waals surface area contributed by atoms with Gasteiger partial charge in [0.2, 0.25) is 0 Å². The minimum Gasteiger partial charge on any atom is -0.464 e. The van der Waals surface area contributed by atoms with Crippen LogP contribution < -0.4 is 0 Å². The van der Waals surface area contributed by atoms with Gasteiger partial charge in [-0.1, -0.05) is 30.7 Å². The summed E-state index contributed by atoms with van der Waals surface area (Å²) in [5, 5.41) is 0.588. The Morgan fingerprint density at radius 3 is 2.93 bits per heavy atom. The molecule has 1 aromatic rings. The van der Waals surface area contributed by atoms with E-state index in [0.717, 1.165) is 35.6 Å². The van der Waals surface area contributed by atoms with Crippen LogP contribution in [0.5, 0.6) is 0 Å². The van der Waals surface area contributed by atoms with Crippen LogP contribution in [0.3, 0.4) is 0 Å². The van der Waals surface area contributed by atoms with E-state index in [1.807, 2.05) is 25.1 Å². The van der Waals surface area contributed by atoms with Crippen molar-refractivity contribution in [3.63, 3.8) is 0 Å². The summed E-state index contributed by atoms with van der Waals surface area (Å²) in [6.45, 7) is 4.29. The topological polar surface area (TPSA) is 55.7 Å². The molecule has 1 unspecified atom stereocenters. The van der Waals surface area contributed by atoms with Gasteiger partial charge in [0.05, 0.1) is 0 Å². The molecule has 1 aliphatic heterocycles. The van der Waals surface area contributed by atoms with Crippen molar-refractivity contribution < 1.29 is 14.3 Å². The molecule has 0 spiro atoms. The molecule has 0 fully saturated rings. The van der Waals surface area contributed by atoms with Crippen LogP contribution in [0.15, 0.2) is 40.5 Å². The first kappa shape index (κ1) is 20.2. The van der Waals surface area contributed by atoms with Gasteiger partial charge in [0, 0.05) is 40.1 Å². The fourth-order valence-corrected chi connectivity index (χ4v) is 4.50. The number of halogens is 1. The van der Waals surface area contributed by atoms with Gasteiger partial charge < -0.3 is 4.74 Å². The number of hydrogen-bond donors (Lipinski definition) is 0. The van der Waals surface area contributed by atoms with Crippen molar-refractivity contribution in [1.82, 2.24) is 0 Å². The predicted molar refractivity (Wildman–Crippen MR) is 111 cm³/mol.